The number of carboxylic acid groups (broad SMARTS) is 1. The molecular formula is C20H22FNO6S. The van der Waals surface area contributed by atoms with E-state index >= 15 is 0 Å². The zero-order chi connectivity index (χ0) is 21.2. The zero-order valence-electron chi connectivity index (χ0n) is 16.0. The van der Waals surface area contributed by atoms with Crippen LogP contribution in [0, 0.1) is 5.82 Å². The van der Waals surface area contributed by atoms with Crippen molar-refractivity contribution < 1.29 is 32.2 Å². The van der Waals surface area contributed by atoms with Crippen LogP contribution in [0.4, 0.5) is 4.39 Å². The smallest absolute Gasteiger partial charge is 0.341 e. The monoisotopic (exact) mass is 423 g/mol. The minimum absolute atomic E-state index is 0.0241. The van der Waals surface area contributed by atoms with Gasteiger partial charge < -0.3 is 14.6 Å². The number of para-hydroxylation sites is 1. The average Bonchev–Trinajstić information content (AvgIpc) is 2.64. The van der Waals surface area contributed by atoms with Crippen LogP contribution in [0.3, 0.4) is 0 Å². The Labute approximate surface area is 168 Å². The molecule has 7 nitrogen and oxygen atoms in total. The Morgan fingerprint density at radius 1 is 1.28 bits per heavy atom. The summed E-state index contributed by atoms with van der Waals surface area (Å²) in [6.45, 7) is 3.32. The molecule has 1 heterocycles. The lowest BCUT2D eigenvalue weighted by molar-refractivity contribution is -0.139. The Balaban J connectivity index is 1.84. The van der Waals surface area contributed by atoms with E-state index in [0.717, 1.165) is 17.7 Å². The van der Waals surface area contributed by atoms with Gasteiger partial charge in [0.2, 0.25) is 10.0 Å². The highest BCUT2D eigenvalue weighted by Gasteiger charge is 2.36. The van der Waals surface area contributed by atoms with Gasteiger partial charge in [-0.1, -0.05) is 12.1 Å². The second-order valence-corrected chi connectivity index (χ2v) is 9.19. The van der Waals surface area contributed by atoms with Crippen LogP contribution in [0.1, 0.15) is 31.7 Å². The summed E-state index contributed by atoms with van der Waals surface area (Å²) in [5.74, 6) is -1.14. The fourth-order valence-electron chi connectivity index (χ4n) is 3.33. The number of fused-ring (bicyclic) bond motifs is 1. The molecule has 3 rings (SSSR count). The summed E-state index contributed by atoms with van der Waals surface area (Å²) in [4.78, 5) is 10.8. The van der Waals surface area contributed by atoms with Gasteiger partial charge in [0.15, 0.2) is 18.1 Å². The zero-order valence-corrected chi connectivity index (χ0v) is 16.8. The van der Waals surface area contributed by atoms with Gasteiger partial charge in [0, 0.05) is 18.0 Å². The molecule has 29 heavy (non-hydrogen) atoms. The van der Waals surface area contributed by atoms with Crippen LogP contribution in [0.5, 0.6) is 11.5 Å². The molecule has 0 aliphatic carbocycles. The number of benzene rings is 2. The second-order valence-electron chi connectivity index (χ2n) is 7.43. The fraction of sp³-hybridized carbons (Fsp3) is 0.350. The Kier molecular flexibility index (Phi) is 5.81. The number of carbonyl (C=O) groups is 1. The van der Waals surface area contributed by atoms with Gasteiger partial charge >= 0.3 is 5.97 Å². The van der Waals surface area contributed by atoms with Crippen LogP contribution in [0.2, 0.25) is 0 Å². The van der Waals surface area contributed by atoms with Crippen molar-refractivity contribution in [3.63, 3.8) is 0 Å². The summed E-state index contributed by atoms with van der Waals surface area (Å²) < 4.78 is 52.1. The first-order valence-corrected chi connectivity index (χ1v) is 10.5. The first kappa shape index (κ1) is 21.1. The van der Waals surface area contributed by atoms with Gasteiger partial charge in [-0.25, -0.2) is 22.3 Å². The number of sulfonamides is 1. The standard InChI is InChI=1S/C20H22FNO6S/c1-20(2)10-13(11-22-29(25,26)15-8-6-14(21)7-9-15)16-4-3-5-17(19(16)28-20)27-12-18(23)24/h3-9,13,22H,10-12H2,1-2H3,(H,23,24). The predicted molar refractivity (Wildman–Crippen MR) is 103 cm³/mol. The number of aliphatic carboxylic acids is 1. The molecule has 156 valence electrons. The molecule has 1 aliphatic heterocycles. The van der Waals surface area contributed by atoms with Crippen molar-refractivity contribution in [1.82, 2.24) is 4.72 Å². The maximum Gasteiger partial charge on any atom is 0.341 e. The van der Waals surface area contributed by atoms with Crippen molar-refractivity contribution in [3.05, 3.63) is 53.8 Å². The minimum Gasteiger partial charge on any atom is -0.484 e. The van der Waals surface area contributed by atoms with Gasteiger partial charge in [-0.2, -0.15) is 0 Å². The summed E-state index contributed by atoms with van der Waals surface area (Å²) in [7, 11) is -3.81. The van der Waals surface area contributed by atoms with Crippen LogP contribution in [0.25, 0.3) is 0 Å². The van der Waals surface area contributed by atoms with E-state index in [4.69, 9.17) is 14.6 Å². The van der Waals surface area contributed by atoms with Gasteiger partial charge in [0.05, 0.1) is 4.90 Å². The van der Waals surface area contributed by atoms with E-state index in [-0.39, 0.29) is 17.4 Å². The quantitative estimate of drug-likeness (QED) is 0.710. The summed E-state index contributed by atoms with van der Waals surface area (Å²) in [6, 6.07) is 9.72. The van der Waals surface area contributed by atoms with E-state index in [1.54, 1.807) is 18.2 Å². The highest BCUT2D eigenvalue weighted by atomic mass is 32.2. The Hall–Kier alpha value is -2.65. The van der Waals surface area contributed by atoms with Crippen molar-refractivity contribution in [2.45, 2.75) is 36.7 Å². The Bertz CT molecular complexity index is 1000. The molecule has 0 amide bonds. The maximum absolute atomic E-state index is 13.1. The molecule has 1 aliphatic rings. The van der Waals surface area contributed by atoms with Crippen LogP contribution < -0.4 is 14.2 Å². The van der Waals surface area contributed by atoms with Crippen molar-refractivity contribution in [3.8, 4) is 11.5 Å². The van der Waals surface area contributed by atoms with E-state index in [1.807, 2.05) is 13.8 Å². The Morgan fingerprint density at radius 2 is 1.97 bits per heavy atom. The summed E-state index contributed by atoms with van der Waals surface area (Å²) in [5, 5.41) is 8.87. The third-order valence-corrected chi connectivity index (χ3v) is 6.00. The molecule has 0 radical (unpaired) electrons. The molecule has 1 atom stereocenters. The van der Waals surface area contributed by atoms with Crippen LogP contribution in [0.15, 0.2) is 47.4 Å². The summed E-state index contributed by atoms with van der Waals surface area (Å²) >= 11 is 0. The highest BCUT2D eigenvalue weighted by molar-refractivity contribution is 7.89. The maximum atomic E-state index is 13.1. The van der Waals surface area contributed by atoms with E-state index in [2.05, 4.69) is 4.72 Å². The molecule has 2 aromatic rings. The highest BCUT2D eigenvalue weighted by Crippen LogP contribution is 2.45. The summed E-state index contributed by atoms with van der Waals surface area (Å²) in [5.41, 5.74) is 0.121. The predicted octanol–water partition coefficient (Wildman–Crippen LogP) is 2.91. The molecule has 1 unspecified atom stereocenters. The lowest BCUT2D eigenvalue weighted by Crippen LogP contribution is -2.39. The van der Waals surface area contributed by atoms with E-state index in [1.165, 1.54) is 12.1 Å². The molecule has 0 spiro atoms. The third-order valence-electron chi connectivity index (χ3n) is 4.56. The van der Waals surface area contributed by atoms with E-state index in [9.17, 15) is 17.6 Å². The van der Waals surface area contributed by atoms with Crippen LogP contribution >= 0.6 is 0 Å². The molecule has 2 N–H and O–H groups in total. The van der Waals surface area contributed by atoms with Crippen LogP contribution in [-0.2, 0) is 14.8 Å². The van der Waals surface area contributed by atoms with Gasteiger partial charge in [-0.3, -0.25) is 0 Å². The molecule has 0 saturated carbocycles. The topological polar surface area (TPSA) is 102 Å². The van der Waals surface area contributed by atoms with E-state index < -0.39 is 34.0 Å². The van der Waals surface area contributed by atoms with Gasteiger partial charge in [0.25, 0.3) is 0 Å². The minimum atomic E-state index is -3.81. The lowest BCUT2D eigenvalue weighted by Gasteiger charge is -2.38. The molecular weight excluding hydrogens is 401 g/mol. The number of hydrogen-bond donors (Lipinski definition) is 2. The molecule has 9 heteroatoms. The van der Waals surface area contributed by atoms with Crippen molar-refractivity contribution in [2.75, 3.05) is 13.2 Å². The first-order valence-electron chi connectivity index (χ1n) is 8.99. The molecule has 0 bridgehead atoms. The fourth-order valence-corrected chi connectivity index (χ4v) is 4.41. The average molecular weight is 423 g/mol. The molecule has 0 fully saturated rings. The Morgan fingerprint density at radius 3 is 2.62 bits per heavy atom. The number of ether oxygens (including phenoxy) is 2. The van der Waals surface area contributed by atoms with Gasteiger partial charge in [0.1, 0.15) is 11.4 Å². The SMILES string of the molecule is CC1(C)CC(CNS(=O)(=O)c2ccc(F)cc2)c2cccc(OCC(=O)O)c2O1. The molecule has 2 aromatic carbocycles. The molecule has 0 saturated heterocycles. The lowest BCUT2D eigenvalue weighted by atomic mass is 9.84. The number of carboxylic acids is 1. The largest absolute Gasteiger partial charge is 0.484 e. The first-order chi connectivity index (χ1) is 13.6. The number of hydrogen-bond acceptors (Lipinski definition) is 5. The van der Waals surface area contributed by atoms with Crippen molar-refractivity contribution in [1.29, 1.82) is 0 Å². The number of rotatable bonds is 7. The number of nitrogens with one attached hydrogen (secondary N) is 1. The number of halogens is 1. The van der Waals surface area contributed by atoms with E-state index in [0.29, 0.717) is 17.9 Å². The van der Waals surface area contributed by atoms with Gasteiger partial charge in [-0.15, -0.1) is 0 Å². The normalized spacial score (nSPS) is 17.8. The van der Waals surface area contributed by atoms with Crippen molar-refractivity contribution >= 4 is 16.0 Å². The summed E-state index contributed by atoms with van der Waals surface area (Å²) in [6.07, 6.45) is 0.536. The van der Waals surface area contributed by atoms with Crippen molar-refractivity contribution in [2.24, 2.45) is 0 Å². The molecule has 0 aromatic heterocycles. The van der Waals surface area contributed by atoms with Crippen LogP contribution in [-0.4, -0.2) is 38.2 Å². The third kappa shape index (κ3) is 5.04. The second kappa shape index (κ2) is 8.00. The van der Waals surface area contributed by atoms with Gasteiger partial charge in [-0.05, 0) is 50.6 Å².